The summed E-state index contributed by atoms with van der Waals surface area (Å²) in [7, 11) is 1.94. The van der Waals surface area contributed by atoms with Crippen molar-refractivity contribution >= 4 is 0 Å². The lowest BCUT2D eigenvalue weighted by Gasteiger charge is -2.40. The Kier molecular flexibility index (Phi) is 5.57. The van der Waals surface area contributed by atoms with Crippen LogP contribution in [0.3, 0.4) is 0 Å². The van der Waals surface area contributed by atoms with E-state index in [9.17, 15) is 0 Å². The van der Waals surface area contributed by atoms with Crippen molar-refractivity contribution in [3.63, 3.8) is 0 Å². The van der Waals surface area contributed by atoms with Gasteiger partial charge in [-0.2, -0.15) is 5.10 Å². The van der Waals surface area contributed by atoms with Crippen LogP contribution in [0.4, 0.5) is 0 Å². The number of rotatable bonds is 6. The third-order valence-corrected chi connectivity index (χ3v) is 4.42. The first-order valence-corrected chi connectivity index (χ1v) is 7.78. The minimum absolute atomic E-state index is 0.129. The molecule has 5 heteroatoms. The average Bonchev–Trinajstić information content (AvgIpc) is 2.71. The number of nitrogens with one attached hydrogen (secondary N) is 1. The van der Waals surface area contributed by atoms with Crippen LogP contribution in [0.1, 0.15) is 51.0 Å². The van der Waals surface area contributed by atoms with E-state index in [0.717, 1.165) is 25.9 Å². The normalized spacial score (nSPS) is 20.6. The molecule has 0 radical (unpaired) electrons. The zero-order valence-corrected chi connectivity index (χ0v) is 12.8. The molecule has 1 unspecified atom stereocenters. The quantitative estimate of drug-likeness (QED) is 0.475. The minimum Gasteiger partial charge on any atom is -0.374 e. The van der Waals surface area contributed by atoms with Gasteiger partial charge in [-0.05, 0) is 31.7 Å². The largest absolute Gasteiger partial charge is 0.374 e. The van der Waals surface area contributed by atoms with Crippen LogP contribution in [0.25, 0.3) is 0 Å². The molecule has 0 bridgehead atoms. The average molecular weight is 280 g/mol. The Balaban J connectivity index is 2.15. The van der Waals surface area contributed by atoms with Gasteiger partial charge in [0.1, 0.15) is 0 Å². The van der Waals surface area contributed by atoms with Gasteiger partial charge in [0.25, 0.3) is 0 Å². The van der Waals surface area contributed by atoms with Crippen molar-refractivity contribution < 1.29 is 4.74 Å². The molecule has 1 heterocycles. The highest BCUT2D eigenvalue weighted by atomic mass is 16.5. The summed E-state index contributed by atoms with van der Waals surface area (Å²) in [6, 6.07) is 0.143. The Morgan fingerprint density at radius 1 is 1.40 bits per heavy atom. The molecule has 5 nitrogen and oxygen atoms in total. The lowest BCUT2D eigenvalue weighted by atomic mass is 9.83. The molecular formula is C15H28N4O. The van der Waals surface area contributed by atoms with Crippen molar-refractivity contribution in [3.05, 3.63) is 18.0 Å². The second-order valence-corrected chi connectivity index (χ2v) is 5.86. The summed E-state index contributed by atoms with van der Waals surface area (Å²) in [5.74, 6) is 5.87. The highest BCUT2D eigenvalue weighted by Gasteiger charge is 2.39. The summed E-state index contributed by atoms with van der Waals surface area (Å²) in [6.45, 7) is 2.81. The molecule has 20 heavy (non-hydrogen) atoms. The number of nitrogens with zero attached hydrogens (tertiary/aromatic N) is 2. The van der Waals surface area contributed by atoms with Gasteiger partial charge in [-0.25, -0.2) is 0 Å². The van der Waals surface area contributed by atoms with E-state index in [1.807, 2.05) is 17.9 Å². The number of nitrogens with two attached hydrogens (primary N) is 1. The molecule has 1 aromatic rings. The summed E-state index contributed by atoms with van der Waals surface area (Å²) in [6.07, 6.45) is 12.1. The fourth-order valence-corrected chi connectivity index (χ4v) is 3.42. The Morgan fingerprint density at radius 2 is 2.10 bits per heavy atom. The zero-order chi connectivity index (χ0) is 14.4. The number of ether oxygens (including phenoxy) is 1. The van der Waals surface area contributed by atoms with Crippen LogP contribution in [0, 0.1) is 0 Å². The van der Waals surface area contributed by atoms with Gasteiger partial charge in [-0.1, -0.05) is 25.7 Å². The van der Waals surface area contributed by atoms with E-state index in [1.54, 1.807) is 0 Å². The van der Waals surface area contributed by atoms with Crippen LogP contribution in [0.2, 0.25) is 0 Å². The highest BCUT2D eigenvalue weighted by Crippen LogP contribution is 2.34. The van der Waals surface area contributed by atoms with Crippen LogP contribution < -0.4 is 11.3 Å². The van der Waals surface area contributed by atoms with Crippen molar-refractivity contribution in [2.75, 3.05) is 6.61 Å². The zero-order valence-electron chi connectivity index (χ0n) is 12.8. The predicted octanol–water partition coefficient (Wildman–Crippen LogP) is 1.92. The monoisotopic (exact) mass is 280 g/mol. The van der Waals surface area contributed by atoms with E-state index >= 15 is 0 Å². The molecule has 1 aliphatic rings. The van der Waals surface area contributed by atoms with Crippen LogP contribution in [-0.2, 0) is 18.2 Å². The van der Waals surface area contributed by atoms with Crippen LogP contribution in [-0.4, -0.2) is 28.0 Å². The number of hydrazine groups is 1. The highest BCUT2D eigenvalue weighted by molar-refractivity contribution is 5.09. The van der Waals surface area contributed by atoms with Crippen LogP contribution >= 0.6 is 0 Å². The maximum absolute atomic E-state index is 6.21. The second-order valence-electron chi connectivity index (χ2n) is 5.86. The lowest BCUT2D eigenvalue weighted by molar-refractivity contribution is -0.0768. The molecule has 0 saturated heterocycles. The molecule has 3 N–H and O–H groups in total. The third-order valence-electron chi connectivity index (χ3n) is 4.42. The summed E-state index contributed by atoms with van der Waals surface area (Å²) in [5, 5.41) is 4.24. The first-order valence-electron chi connectivity index (χ1n) is 7.78. The lowest BCUT2D eigenvalue weighted by Crippen LogP contribution is -2.56. The smallest absolute Gasteiger partial charge is 0.0851 e. The van der Waals surface area contributed by atoms with Gasteiger partial charge >= 0.3 is 0 Å². The molecule has 1 fully saturated rings. The van der Waals surface area contributed by atoms with Gasteiger partial charge < -0.3 is 4.74 Å². The molecule has 0 aliphatic heterocycles. The van der Waals surface area contributed by atoms with Crippen molar-refractivity contribution in [1.29, 1.82) is 0 Å². The molecule has 1 aliphatic carbocycles. The van der Waals surface area contributed by atoms with Gasteiger partial charge in [-0.3, -0.25) is 16.0 Å². The van der Waals surface area contributed by atoms with E-state index in [1.165, 1.54) is 31.2 Å². The Morgan fingerprint density at radius 3 is 2.60 bits per heavy atom. The molecule has 2 rings (SSSR count). The Labute approximate surface area is 121 Å². The molecule has 1 atom stereocenters. The Hall–Kier alpha value is -0.910. The van der Waals surface area contributed by atoms with Crippen molar-refractivity contribution in [2.24, 2.45) is 12.9 Å². The summed E-state index contributed by atoms with van der Waals surface area (Å²) in [4.78, 5) is 0. The second kappa shape index (κ2) is 7.20. The molecule has 1 saturated carbocycles. The van der Waals surface area contributed by atoms with E-state index < -0.39 is 0 Å². The number of aromatic nitrogens is 2. The van der Waals surface area contributed by atoms with Crippen LogP contribution in [0.15, 0.2) is 12.4 Å². The number of aryl methyl sites for hydroxylation is 1. The maximum Gasteiger partial charge on any atom is 0.0851 e. The summed E-state index contributed by atoms with van der Waals surface area (Å²) < 4.78 is 8.05. The van der Waals surface area contributed by atoms with Gasteiger partial charge in [-0.15, -0.1) is 0 Å². The van der Waals surface area contributed by atoms with Crippen molar-refractivity contribution in [3.8, 4) is 0 Å². The van der Waals surface area contributed by atoms with Gasteiger partial charge in [0.05, 0.1) is 17.8 Å². The molecule has 0 spiro atoms. The van der Waals surface area contributed by atoms with E-state index in [0.29, 0.717) is 0 Å². The minimum atomic E-state index is -0.129. The SMILES string of the molecule is CCOC1(C(Cc2cnn(C)c2)NN)CCCCCC1. The number of hydrogen-bond donors (Lipinski definition) is 2. The summed E-state index contributed by atoms with van der Waals surface area (Å²) >= 11 is 0. The fourth-order valence-electron chi connectivity index (χ4n) is 3.42. The van der Waals surface area contributed by atoms with E-state index in [2.05, 4.69) is 23.6 Å². The molecular weight excluding hydrogens is 252 g/mol. The van der Waals surface area contributed by atoms with Crippen LogP contribution in [0.5, 0.6) is 0 Å². The molecule has 1 aromatic heterocycles. The van der Waals surface area contributed by atoms with Gasteiger partial charge in [0, 0.05) is 19.9 Å². The van der Waals surface area contributed by atoms with E-state index in [-0.39, 0.29) is 11.6 Å². The third kappa shape index (κ3) is 3.59. The first-order chi connectivity index (χ1) is 9.70. The molecule has 0 amide bonds. The van der Waals surface area contributed by atoms with Gasteiger partial charge in [0.2, 0.25) is 0 Å². The van der Waals surface area contributed by atoms with Crippen molar-refractivity contribution in [1.82, 2.24) is 15.2 Å². The topological polar surface area (TPSA) is 65.1 Å². The standard InChI is InChI=1S/C15H28N4O/c1-3-20-15(8-6-4-5-7-9-15)14(18-16)10-13-11-17-19(2)12-13/h11-12,14,18H,3-10,16H2,1-2H3. The van der Waals surface area contributed by atoms with Crippen molar-refractivity contribution in [2.45, 2.75) is 63.5 Å². The predicted molar refractivity (Wildman–Crippen MR) is 80.1 cm³/mol. The molecule has 114 valence electrons. The van der Waals surface area contributed by atoms with E-state index in [4.69, 9.17) is 10.6 Å². The Bertz CT molecular complexity index is 396. The summed E-state index contributed by atoms with van der Waals surface area (Å²) in [5.41, 5.74) is 4.10. The number of hydrogen-bond acceptors (Lipinski definition) is 4. The molecule has 0 aromatic carbocycles. The maximum atomic E-state index is 6.21. The van der Waals surface area contributed by atoms with Gasteiger partial charge in [0.15, 0.2) is 0 Å². The first kappa shape index (κ1) is 15.5. The fraction of sp³-hybridized carbons (Fsp3) is 0.800.